The van der Waals surface area contributed by atoms with Gasteiger partial charge in [-0.1, -0.05) is 12.1 Å². The summed E-state index contributed by atoms with van der Waals surface area (Å²) in [6.45, 7) is 2.34. The normalized spacial score (nSPS) is 13.8. The molecule has 0 unspecified atom stereocenters. The second-order valence-corrected chi connectivity index (χ2v) is 4.67. The van der Waals surface area contributed by atoms with E-state index >= 15 is 0 Å². The molecule has 0 bridgehead atoms. The van der Waals surface area contributed by atoms with Gasteiger partial charge in [-0.3, -0.25) is 5.41 Å². The quantitative estimate of drug-likeness (QED) is 0.831. The molecule has 96 valence electrons. The van der Waals surface area contributed by atoms with Crippen LogP contribution in [0.1, 0.15) is 16.7 Å². The summed E-state index contributed by atoms with van der Waals surface area (Å²) >= 11 is 0. The van der Waals surface area contributed by atoms with Gasteiger partial charge in [0.2, 0.25) is 0 Å². The minimum absolute atomic E-state index is 0.211. The number of rotatable bonds is 1. The second-order valence-electron chi connectivity index (χ2n) is 4.67. The van der Waals surface area contributed by atoms with Gasteiger partial charge in [0.15, 0.2) is 0 Å². The van der Waals surface area contributed by atoms with Crippen molar-refractivity contribution < 1.29 is 8.78 Å². The lowest BCUT2D eigenvalue weighted by Gasteiger charge is -2.20. The molecule has 1 heterocycles. The Kier molecular flexibility index (Phi) is 2.59. The van der Waals surface area contributed by atoms with Gasteiger partial charge in [-0.2, -0.15) is 0 Å². The third-order valence-corrected chi connectivity index (χ3v) is 3.39. The van der Waals surface area contributed by atoms with Crippen molar-refractivity contribution in [2.75, 3.05) is 4.90 Å². The van der Waals surface area contributed by atoms with E-state index in [-0.39, 0.29) is 17.5 Å². The predicted octanol–water partition coefficient (Wildman–Crippen LogP) is 3.62. The highest BCUT2D eigenvalue weighted by Gasteiger charge is 2.26. The summed E-state index contributed by atoms with van der Waals surface area (Å²) in [5, 5.41) is 8.13. The largest absolute Gasteiger partial charge is 0.322 e. The van der Waals surface area contributed by atoms with Crippen LogP contribution in [-0.4, -0.2) is 5.84 Å². The highest BCUT2D eigenvalue weighted by molar-refractivity contribution is 6.11. The van der Waals surface area contributed by atoms with Gasteiger partial charge in [0.05, 0.1) is 6.54 Å². The second kappa shape index (κ2) is 4.16. The van der Waals surface area contributed by atoms with E-state index in [1.54, 1.807) is 17.0 Å². The Morgan fingerprint density at radius 2 is 1.74 bits per heavy atom. The third kappa shape index (κ3) is 1.89. The molecule has 19 heavy (non-hydrogen) atoms. The number of nitrogens with one attached hydrogen (secondary N) is 1. The molecule has 1 aliphatic heterocycles. The van der Waals surface area contributed by atoms with Crippen molar-refractivity contribution in [1.82, 2.24) is 0 Å². The Balaban J connectivity index is 2.06. The smallest absolute Gasteiger partial charge is 0.133 e. The fourth-order valence-electron chi connectivity index (χ4n) is 2.38. The first-order valence-corrected chi connectivity index (χ1v) is 5.97. The molecule has 0 amide bonds. The fourth-order valence-corrected chi connectivity index (χ4v) is 2.38. The van der Waals surface area contributed by atoms with Crippen LogP contribution in [0.15, 0.2) is 36.4 Å². The summed E-state index contributed by atoms with van der Waals surface area (Å²) in [4.78, 5) is 1.70. The molecule has 0 saturated carbocycles. The molecular weight excluding hydrogens is 246 g/mol. The number of fused-ring (bicyclic) bond motifs is 1. The zero-order valence-corrected chi connectivity index (χ0v) is 10.4. The molecule has 0 spiro atoms. The van der Waals surface area contributed by atoms with Crippen LogP contribution in [-0.2, 0) is 6.54 Å². The lowest BCUT2D eigenvalue weighted by atomic mass is 10.1. The van der Waals surface area contributed by atoms with Crippen LogP contribution in [0.25, 0.3) is 0 Å². The van der Waals surface area contributed by atoms with Crippen molar-refractivity contribution in [2.45, 2.75) is 13.5 Å². The average Bonchev–Trinajstić information content (AvgIpc) is 2.70. The third-order valence-electron chi connectivity index (χ3n) is 3.39. The van der Waals surface area contributed by atoms with Gasteiger partial charge in [-0.05, 0) is 42.3 Å². The van der Waals surface area contributed by atoms with Crippen LogP contribution < -0.4 is 4.90 Å². The summed E-state index contributed by atoms with van der Waals surface area (Å²) < 4.78 is 26.6. The minimum atomic E-state index is -0.360. The van der Waals surface area contributed by atoms with Gasteiger partial charge in [0.1, 0.15) is 17.5 Å². The molecule has 2 aromatic rings. The summed E-state index contributed by atoms with van der Waals surface area (Å²) in [6, 6.07) is 8.90. The Morgan fingerprint density at radius 3 is 2.53 bits per heavy atom. The lowest BCUT2D eigenvalue weighted by Crippen LogP contribution is -2.24. The predicted molar refractivity (Wildman–Crippen MR) is 70.5 cm³/mol. The zero-order chi connectivity index (χ0) is 13.6. The van der Waals surface area contributed by atoms with E-state index in [1.807, 2.05) is 6.92 Å². The monoisotopic (exact) mass is 258 g/mol. The molecule has 1 N–H and O–H groups in total. The number of aryl methyl sites for hydroxylation is 1. The first kappa shape index (κ1) is 11.8. The van der Waals surface area contributed by atoms with Crippen molar-refractivity contribution in [2.24, 2.45) is 0 Å². The molecule has 0 atom stereocenters. The molecule has 2 nitrogen and oxygen atoms in total. The molecule has 3 rings (SSSR count). The standard InChI is InChI=1S/C15H12F2N2/c1-9-2-4-12(17)7-14(9)19-8-10-3-5-11(16)6-13(10)15(19)18/h2-7,18H,8H2,1H3. The van der Waals surface area contributed by atoms with Gasteiger partial charge in [-0.25, -0.2) is 8.78 Å². The average molecular weight is 258 g/mol. The number of hydrogen-bond donors (Lipinski definition) is 1. The molecule has 0 aliphatic carbocycles. The first-order valence-electron chi connectivity index (χ1n) is 5.97. The van der Waals surface area contributed by atoms with E-state index in [9.17, 15) is 8.78 Å². The van der Waals surface area contributed by atoms with E-state index in [0.717, 1.165) is 11.1 Å². The number of halogens is 2. The first-order chi connectivity index (χ1) is 9.06. The Bertz CT molecular complexity index is 680. The van der Waals surface area contributed by atoms with Crippen LogP contribution in [0.3, 0.4) is 0 Å². The zero-order valence-electron chi connectivity index (χ0n) is 10.4. The van der Waals surface area contributed by atoms with Crippen molar-refractivity contribution in [3.05, 3.63) is 64.7 Å². The van der Waals surface area contributed by atoms with E-state index in [0.29, 0.717) is 17.8 Å². The summed E-state index contributed by atoms with van der Waals surface area (Å²) in [5.74, 6) is -0.486. The molecule has 0 fully saturated rings. The topological polar surface area (TPSA) is 27.1 Å². The lowest BCUT2D eigenvalue weighted by molar-refractivity contribution is 0.627. The van der Waals surface area contributed by atoms with Gasteiger partial charge in [0, 0.05) is 11.3 Å². The Labute approximate surface area is 109 Å². The summed E-state index contributed by atoms with van der Waals surface area (Å²) in [5.41, 5.74) is 3.00. The highest BCUT2D eigenvalue weighted by Crippen LogP contribution is 2.31. The number of benzene rings is 2. The number of nitrogens with zero attached hydrogens (tertiary/aromatic N) is 1. The minimum Gasteiger partial charge on any atom is -0.322 e. The summed E-state index contributed by atoms with van der Waals surface area (Å²) in [6.07, 6.45) is 0. The van der Waals surface area contributed by atoms with Gasteiger partial charge < -0.3 is 4.90 Å². The van der Waals surface area contributed by atoms with Gasteiger partial charge >= 0.3 is 0 Å². The Hall–Kier alpha value is -2.23. The molecule has 1 aliphatic rings. The molecule has 0 saturated heterocycles. The van der Waals surface area contributed by atoms with E-state index in [4.69, 9.17) is 5.41 Å². The SMILES string of the molecule is Cc1ccc(F)cc1N1Cc2ccc(F)cc2C1=N. The van der Waals surface area contributed by atoms with E-state index in [1.165, 1.54) is 24.3 Å². The Morgan fingerprint density at radius 1 is 1.05 bits per heavy atom. The summed E-state index contributed by atoms with van der Waals surface area (Å²) in [7, 11) is 0. The highest BCUT2D eigenvalue weighted by atomic mass is 19.1. The van der Waals surface area contributed by atoms with Gasteiger partial charge in [0.25, 0.3) is 0 Å². The number of hydrogen-bond acceptors (Lipinski definition) is 1. The molecular formula is C15H12F2N2. The molecule has 0 aromatic heterocycles. The molecule has 4 heteroatoms. The van der Waals surface area contributed by atoms with Crippen LogP contribution in [0, 0.1) is 24.0 Å². The van der Waals surface area contributed by atoms with E-state index in [2.05, 4.69) is 0 Å². The number of anilines is 1. The fraction of sp³-hybridized carbons (Fsp3) is 0.133. The molecule has 2 aromatic carbocycles. The van der Waals surface area contributed by atoms with Crippen LogP contribution >= 0.6 is 0 Å². The maximum Gasteiger partial charge on any atom is 0.133 e. The van der Waals surface area contributed by atoms with Crippen molar-refractivity contribution in [3.63, 3.8) is 0 Å². The van der Waals surface area contributed by atoms with Crippen molar-refractivity contribution in [1.29, 1.82) is 5.41 Å². The van der Waals surface area contributed by atoms with Gasteiger partial charge in [-0.15, -0.1) is 0 Å². The number of amidine groups is 1. The maximum atomic E-state index is 13.4. The van der Waals surface area contributed by atoms with Crippen LogP contribution in [0.4, 0.5) is 14.5 Å². The van der Waals surface area contributed by atoms with Crippen LogP contribution in [0.2, 0.25) is 0 Å². The van der Waals surface area contributed by atoms with E-state index < -0.39 is 0 Å². The van der Waals surface area contributed by atoms with Crippen LogP contribution in [0.5, 0.6) is 0 Å². The van der Waals surface area contributed by atoms with Crippen molar-refractivity contribution >= 4 is 11.5 Å². The van der Waals surface area contributed by atoms with Crippen molar-refractivity contribution in [3.8, 4) is 0 Å². The molecule has 0 radical (unpaired) electrons. The maximum absolute atomic E-state index is 13.4.